The molecule has 0 bridgehead atoms. The number of benzene rings is 2. The first-order valence-corrected chi connectivity index (χ1v) is 9.45. The van der Waals surface area contributed by atoms with Crippen molar-refractivity contribution in [2.75, 3.05) is 4.72 Å². The largest absolute Gasteiger partial charge is 0.421 e. The first-order valence-electron chi connectivity index (χ1n) is 6.38. The predicted molar refractivity (Wildman–Crippen MR) is 95.1 cm³/mol. The third kappa shape index (κ3) is 3.19. The van der Waals surface area contributed by atoms with Crippen LogP contribution in [0.1, 0.15) is 0 Å². The maximum atomic E-state index is 12.5. The van der Waals surface area contributed by atoms with Crippen LogP contribution in [-0.4, -0.2) is 8.42 Å². The molecule has 0 spiro atoms. The van der Waals surface area contributed by atoms with Crippen molar-refractivity contribution in [1.82, 2.24) is 0 Å². The van der Waals surface area contributed by atoms with E-state index in [2.05, 4.69) is 36.6 Å². The Labute approximate surface area is 148 Å². The molecule has 0 saturated heterocycles. The van der Waals surface area contributed by atoms with Crippen LogP contribution in [0.4, 0.5) is 5.69 Å². The van der Waals surface area contributed by atoms with Gasteiger partial charge in [0.25, 0.3) is 10.0 Å². The van der Waals surface area contributed by atoms with E-state index in [1.807, 2.05) is 0 Å². The number of halogens is 2. The van der Waals surface area contributed by atoms with Gasteiger partial charge < -0.3 is 4.42 Å². The smallest absolute Gasteiger partial charge is 0.357 e. The van der Waals surface area contributed by atoms with Gasteiger partial charge in [0.05, 0.1) is 10.2 Å². The zero-order valence-corrected chi connectivity index (χ0v) is 15.4. The summed E-state index contributed by atoms with van der Waals surface area (Å²) in [7, 11) is -4.07. The van der Waals surface area contributed by atoms with Crippen LogP contribution in [0.15, 0.2) is 71.6 Å². The Morgan fingerprint density at radius 2 is 1.65 bits per heavy atom. The molecule has 2 aromatic carbocycles. The average Bonchev–Trinajstić information content (AvgIpc) is 2.50. The fourth-order valence-electron chi connectivity index (χ4n) is 2.02. The topological polar surface area (TPSA) is 76.4 Å². The summed E-state index contributed by atoms with van der Waals surface area (Å²) in [5, 5.41) is 0.506. The van der Waals surface area contributed by atoms with Crippen LogP contribution in [0.2, 0.25) is 0 Å². The van der Waals surface area contributed by atoms with Crippen LogP contribution in [-0.2, 0) is 10.0 Å². The molecule has 1 heterocycles. The summed E-state index contributed by atoms with van der Waals surface area (Å²) in [6.07, 6.45) is 0. The second kappa shape index (κ2) is 6.10. The zero-order chi connectivity index (χ0) is 16.6. The number of hydrogen-bond donors (Lipinski definition) is 1. The number of anilines is 1. The molecule has 23 heavy (non-hydrogen) atoms. The molecule has 0 aliphatic carbocycles. The van der Waals surface area contributed by atoms with E-state index < -0.39 is 20.5 Å². The Morgan fingerprint density at radius 3 is 2.39 bits per heavy atom. The molecule has 8 heteroatoms. The lowest BCUT2D eigenvalue weighted by molar-refractivity contribution is 0.532. The number of nitrogens with one attached hydrogen (secondary N) is 1. The molecule has 0 unspecified atom stereocenters. The summed E-state index contributed by atoms with van der Waals surface area (Å²) in [5.41, 5.74) is -0.289. The van der Waals surface area contributed by atoms with E-state index in [-0.39, 0.29) is 0 Å². The maximum absolute atomic E-state index is 12.5. The van der Waals surface area contributed by atoms with E-state index in [4.69, 9.17) is 4.42 Å². The molecule has 1 aromatic heterocycles. The van der Waals surface area contributed by atoms with E-state index >= 15 is 0 Å². The minimum Gasteiger partial charge on any atom is -0.421 e. The number of para-hydroxylation sites is 2. The Bertz CT molecular complexity index is 1060. The van der Waals surface area contributed by atoms with E-state index in [1.54, 1.807) is 42.5 Å². The molecule has 0 aliphatic heterocycles. The summed E-state index contributed by atoms with van der Waals surface area (Å²) in [4.78, 5) is 11.6. The van der Waals surface area contributed by atoms with Crippen molar-refractivity contribution in [3.63, 3.8) is 0 Å². The van der Waals surface area contributed by atoms with Gasteiger partial charge in [0.15, 0.2) is 10.5 Å². The maximum Gasteiger partial charge on any atom is 0.357 e. The van der Waals surface area contributed by atoms with E-state index in [9.17, 15) is 13.2 Å². The molecule has 0 atom stereocenters. The van der Waals surface area contributed by atoms with Gasteiger partial charge in [-0.05, 0) is 56.1 Å². The molecule has 0 aliphatic rings. The van der Waals surface area contributed by atoms with Crippen molar-refractivity contribution in [1.29, 1.82) is 0 Å². The van der Waals surface area contributed by atoms with Gasteiger partial charge in [-0.3, -0.25) is 4.72 Å². The van der Waals surface area contributed by atoms with Crippen LogP contribution in [0.25, 0.3) is 11.0 Å². The quantitative estimate of drug-likeness (QED) is 0.599. The highest BCUT2D eigenvalue weighted by Gasteiger charge is 2.22. The number of sulfonamides is 1. The summed E-state index contributed by atoms with van der Waals surface area (Å²) in [6.45, 7) is 0. The van der Waals surface area contributed by atoms with Gasteiger partial charge >= 0.3 is 5.63 Å². The van der Waals surface area contributed by atoms with Crippen molar-refractivity contribution in [2.24, 2.45) is 0 Å². The van der Waals surface area contributed by atoms with Gasteiger partial charge in [-0.15, -0.1) is 0 Å². The lowest BCUT2D eigenvalue weighted by Gasteiger charge is -2.09. The fourth-order valence-corrected chi connectivity index (χ4v) is 4.12. The second-order valence-electron chi connectivity index (χ2n) is 4.64. The molecule has 0 fully saturated rings. The van der Waals surface area contributed by atoms with Gasteiger partial charge in [0.2, 0.25) is 0 Å². The lowest BCUT2D eigenvalue weighted by Crippen LogP contribution is -2.21. The standard InChI is InChI=1S/C15H9Br2NO4S/c16-10-5-1-2-7-12(10)18-23(20,21)13-8-9-4-3-6-11(17)14(9)22-15(13)19/h1-8,18H. The number of rotatable bonds is 3. The van der Waals surface area contributed by atoms with Crippen molar-refractivity contribution >= 4 is 58.5 Å². The van der Waals surface area contributed by atoms with Crippen molar-refractivity contribution in [3.05, 3.63) is 67.9 Å². The molecule has 0 saturated carbocycles. The van der Waals surface area contributed by atoms with Gasteiger partial charge in [0, 0.05) is 9.86 Å². The Hall–Kier alpha value is -1.64. The Balaban J connectivity index is 2.14. The minimum atomic E-state index is -4.07. The monoisotopic (exact) mass is 457 g/mol. The summed E-state index contributed by atoms with van der Waals surface area (Å²) < 4.78 is 33.7. The molecule has 0 radical (unpaired) electrons. The Kier molecular flexibility index (Phi) is 4.31. The molecule has 5 nitrogen and oxygen atoms in total. The second-order valence-corrected chi connectivity index (χ2v) is 8.00. The van der Waals surface area contributed by atoms with Gasteiger partial charge in [0.1, 0.15) is 0 Å². The third-order valence-corrected chi connectivity index (χ3v) is 5.76. The fraction of sp³-hybridized carbons (Fsp3) is 0. The average molecular weight is 459 g/mol. The van der Waals surface area contributed by atoms with Gasteiger partial charge in [-0.1, -0.05) is 24.3 Å². The summed E-state index contributed by atoms with van der Waals surface area (Å²) in [6, 6.07) is 13.1. The zero-order valence-electron chi connectivity index (χ0n) is 11.4. The molecule has 1 N–H and O–H groups in total. The number of fused-ring (bicyclic) bond motifs is 1. The highest BCUT2D eigenvalue weighted by molar-refractivity contribution is 9.11. The third-order valence-electron chi connectivity index (χ3n) is 3.09. The van der Waals surface area contributed by atoms with E-state index in [0.717, 1.165) is 0 Å². The lowest BCUT2D eigenvalue weighted by atomic mass is 10.2. The summed E-state index contributed by atoms with van der Waals surface area (Å²) in [5.74, 6) is 0. The van der Waals surface area contributed by atoms with E-state index in [1.165, 1.54) is 6.07 Å². The van der Waals surface area contributed by atoms with Gasteiger partial charge in [-0.2, -0.15) is 0 Å². The molecule has 3 rings (SSSR count). The van der Waals surface area contributed by atoms with Gasteiger partial charge in [-0.25, -0.2) is 13.2 Å². The molecule has 3 aromatic rings. The summed E-state index contributed by atoms with van der Waals surface area (Å²) >= 11 is 6.52. The first kappa shape index (κ1) is 16.2. The highest BCUT2D eigenvalue weighted by atomic mass is 79.9. The SMILES string of the molecule is O=c1oc2c(Br)cccc2cc1S(=O)(=O)Nc1ccccc1Br. The highest BCUT2D eigenvalue weighted by Crippen LogP contribution is 2.26. The first-order chi connectivity index (χ1) is 10.9. The predicted octanol–water partition coefficient (Wildman–Crippen LogP) is 4.12. The van der Waals surface area contributed by atoms with Crippen LogP contribution in [0.5, 0.6) is 0 Å². The van der Waals surface area contributed by atoms with Crippen LogP contribution in [0, 0.1) is 0 Å². The van der Waals surface area contributed by atoms with E-state index in [0.29, 0.717) is 25.6 Å². The van der Waals surface area contributed by atoms with Crippen molar-refractivity contribution in [3.8, 4) is 0 Å². The van der Waals surface area contributed by atoms with Crippen molar-refractivity contribution < 1.29 is 12.8 Å². The van der Waals surface area contributed by atoms with Crippen LogP contribution in [0.3, 0.4) is 0 Å². The van der Waals surface area contributed by atoms with Crippen molar-refractivity contribution in [2.45, 2.75) is 4.90 Å². The minimum absolute atomic E-state index is 0.303. The van der Waals surface area contributed by atoms with Crippen LogP contribution < -0.4 is 10.3 Å². The molecule has 0 amide bonds. The Morgan fingerprint density at radius 1 is 0.957 bits per heavy atom. The van der Waals surface area contributed by atoms with Crippen LogP contribution >= 0.6 is 31.9 Å². The number of hydrogen-bond acceptors (Lipinski definition) is 4. The molecule has 118 valence electrons. The molecular weight excluding hydrogens is 450 g/mol. The normalized spacial score (nSPS) is 11.6. The molecular formula is C15H9Br2NO4S.